The normalized spacial score (nSPS) is 12.9. The number of nitrogens with zero attached hydrogens (tertiary/aromatic N) is 2. The molecule has 2 aliphatic rings. The summed E-state index contributed by atoms with van der Waals surface area (Å²) in [5.41, 5.74) is 16.9. The summed E-state index contributed by atoms with van der Waals surface area (Å²) in [4.78, 5) is 2.58. The highest BCUT2D eigenvalue weighted by molar-refractivity contribution is 6.94. The Bertz CT molecular complexity index is 3120. The lowest BCUT2D eigenvalue weighted by Crippen LogP contribution is -2.60. The Morgan fingerprint density at radius 3 is 2.08 bits per heavy atom. The van der Waals surface area contributed by atoms with Crippen LogP contribution in [0.15, 0.2) is 174 Å². The van der Waals surface area contributed by atoms with Gasteiger partial charge in [0.2, 0.25) is 0 Å². The molecule has 0 bridgehead atoms. The molecule has 2 aromatic heterocycles. The number of furan rings is 1. The van der Waals surface area contributed by atoms with Crippen LogP contribution in [0, 0.1) is 6.92 Å². The summed E-state index contributed by atoms with van der Waals surface area (Å²) < 4.78 is 9.31. The molecular weight excluding hydrogens is 643 g/mol. The van der Waals surface area contributed by atoms with Crippen molar-refractivity contribution < 1.29 is 4.42 Å². The van der Waals surface area contributed by atoms with E-state index in [9.17, 15) is 0 Å². The van der Waals surface area contributed by atoms with Crippen molar-refractivity contribution in [3.05, 3.63) is 175 Å². The highest BCUT2D eigenvalue weighted by atomic mass is 16.3. The SMILES string of the molecule is Cc1ccc(N2B3c4cc5cc(-c6ccccc6)oc5cc4-n4c5c3c(cc(-c3ccccc3)c5c3ccc5ccccc5c34)-c3ccccc32)cc1. The Labute approximate surface area is 307 Å². The van der Waals surface area contributed by atoms with Crippen molar-refractivity contribution in [1.82, 2.24) is 4.57 Å². The molecule has 0 saturated heterocycles. The number of aryl methyl sites for hydroxylation is 1. The molecule has 2 aliphatic heterocycles. The summed E-state index contributed by atoms with van der Waals surface area (Å²) in [5, 5.41) is 6.13. The van der Waals surface area contributed by atoms with Gasteiger partial charge in [0.1, 0.15) is 11.3 Å². The van der Waals surface area contributed by atoms with Gasteiger partial charge in [-0.1, -0.05) is 139 Å². The molecule has 3 nitrogen and oxygen atoms in total. The van der Waals surface area contributed by atoms with E-state index in [1.165, 1.54) is 82.7 Å². The number of anilines is 2. The largest absolute Gasteiger partial charge is 0.456 e. The van der Waals surface area contributed by atoms with Crippen LogP contribution < -0.4 is 15.7 Å². The van der Waals surface area contributed by atoms with Gasteiger partial charge in [-0.15, -0.1) is 0 Å². The summed E-state index contributed by atoms with van der Waals surface area (Å²) in [6.07, 6.45) is 0. The van der Waals surface area contributed by atoms with Gasteiger partial charge < -0.3 is 13.8 Å². The summed E-state index contributed by atoms with van der Waals surface area (Å²) >= 11 is 0. The topological polar surface area (TPSA) is 21.3 Å². The zero-order valence-electron chi connectivity index (χ0n) is 29.0. The second-order valence-electron chi connectivity index (χ2n) is 14.5. The van der Waals surface area contributed by atoms with Crippen LogP contribution >= 0.6 is 0 Å². The number of rotatable bonds is 3. The first kappa shape index (κ1) is 28.9. The van der Waals surface area contributed by atoms with E-state index < -0.39 is 0 Å². The second-order valence-corrected chi connectivity index (χ2v) is 14.5. The summed E-state index contributed by atoms with van der Waals surface area (Å²) in [6.45, 7) is 2.09. The van der Waals surface area contributed by atoms with Gasteiger partial charge in [0.15, 0.2) is 0 Å². The van der Waals surface area contributed by atoms with Crippen LogP contribution in [0.1, 0.15) is 5.56 Å². The van der Waals surface area contributed by atoms with E-state index in [4.69, 9.17) is 4.42 Å². The molecule has 0 radical (unpaired) electrons. The Kier molecular flexibility index (Phi) is 5.79. The van der Waals surface area contributed by atoms with Crippen molar-refractivity contribution in [3.8, 4) is 39.3 Å². The fourth-order valence-electron chi connectivity index (χ4n) is 9.30. The lowest BCUT2D eigenvalue weighted by atomic mass is 9.43. The first-order valence-electron chi connectivity index (χ1n) is 18.4. The molecule has 12 rings (SSSR count). The van der Waals surface area contributed by atoms with Crippen LogP contribution in [0.3, 0.4) is 0 Å². The number of hydrogen-bond acceptors (Lipinski definition) is 2. The zero-order chi connectivity index (χ0) is 34.8. The maximum atomic E-state index is 6.73. The maximum Gasteiger partial charge on any atom is 0.333 e. The molecule has 0 fully saturated rings. The Morgan fingerprint density at radius 1 is 0.509 bits per heavy atom. The third-order valence-corrected chi connectivity index (χ3v) is 11.6. The fraction of sp³-hybridized carbons (Fsp3) is 0.0204. The predicted octanol–water partition coefficient (Wildman–Crippen LogP) is 11.6. The van der Waals surface area contributed by atoms with E-state index in [0.717, 1.165) is 28.0 Å². The first-order valence-corrected chi connectivity index (χ1v) is 18.4. The van der Waals surface area contributed by atoms with E-state index in [1.807, 2.05) is 0 Å². The van der Waals surface area contributed by atoms with E-state index in [1.54, 1.807) is 0 Å². The minimum Gasteiger partial charge on any atom is -0.456 e. The smallest absolute Gasteiger partial charge is 0.333 e. The Morgan fingerprint density at radius 2 is 1.25 bits per heavy atom. The molecule has 0 N–H and O–H groups in total. The quantitative estimate of drug-likeness (QED) is 0.174. The van der Waals surface area contributed by atoms with E-state index in [-0.39, 0.29) is 6.85 Å². The first-order chi connectivity index (χ1) is 26.2. The van der Waals surface area contributed by atoms with Gasteiger partial charge in [-0.25, -0.2) is 0 Å². The van der Waals surface area contributed by atoms with Gasteiger partial charge in [0.25, 0.3) is 0 Å². The van der Waals surface area contributed by atoms with Crippen LogP contribution in [-0.2, 0) is 0 Å². The van der Waals surface area contributed by atoms with Crippen molar-refractivity contribution in [2.45, 2.75) is 6.92 Å². The third-order valence-electron chi connectivity index (χ3n) is 11.6. The van der Waals surface area contributed by atoms with Gasteiger partial charge in [0.05, 0.1) is 11.0 Å². The van der Waals surface area contributed by atoms with Crippen LogP contribution in [0.2, 0.25) is 0 Å². The summed E-state index contributed by atoms with van der Waals surface area (Å²) in [7, 11) is 0. The van der Waals surface area contributed by atoms with Gasteiger partial charge in [-0.3, -0.25) is 0 Å². The number of para-hydroxylation sites is 1. The molecule has 246 valence electrons. The predicted molar refractivity (Wildman–Crippen MR) is 223 cm³/mol. The van der Waals surface area contributed by atoms with Gasteiger partial charge in [-0.2, -0.15) is 0 Å². The van der Waals surface area contributed by atoms with Crippen molar-refractivity contribution in [2.75, 3.05) is 4.81 Å². The lowest BCUT2D eigenvalue weighted by molar-refractivity contribution is 0.631. The molecule has 0 aliphatic carbocycles. The average molecular weight is 675 g/mol. The fourth-order valence-corrected chi connectivity index (χ4v) is 9.30. The van der Waals surface area contributed by atoms with Crippen molar-refractivity contribution in [3.63, 3.8) is 0 Å². The molecule has 4 heteroatoms. The highest BCUT2D eigenvalue weighted by Gasteiger charge is 2.45. The van der Waals surface area contributed by atoms with Crippen LogP contribution in [0.4, 0.5) is 11.4 Å². The molecule has 0 saturated carbocycles. The zero-order valence-corrected chi connectivity index (χ0v) is 29.0. The average Bonchev–Trinajstić information content (AvgIpc) is 3.80. The van der Waals surface area contributed by atoms with Crippen molar-refractivity contribution >= 4 is 72.7 Å². The molecule has 0 atom stereocenters. The number of hydrogen-bond donors (Lipinski definition) is 0. The molecule has 0 unspecified atom stereocenters. The van der Waals surface area contributed by atoms with E-state index >= 15 is 0 Å². The van der Waals surface area contributed by atoms with Gasteiger partial charge >= 0.3 is 6.85 Å². The van der Waals surface area contributed by atoms with Gasteiger partial charge in [0, 0.05) is 55.8 Å². The monoisotopic (exact) mass is 674 g/mol. The summed E-state index contributed by atoms with van der Waals surface area (Å²) in [5.74, 6) is 0.879. The number of benzene rings is 8. The minimum absolute atomic E-state index is 0.0764. The Hall–Kier alpha value is -6.78. The summed E-state index contributed by atoms with van der Waals surface area (Å²) in [6, 6.07) is 62.3. The highest BCUT2D eigenvalue weighted by Crippen LogP contribution is 2.49. The molecule has 8 aromatic carbocycles. The van der Waals surface area contributed by atoms with Crippen LogP contribution in [-0.4, -0.2) is 11.4 Å². The van der Waals surface area contributed by atoms with Gasteiger partial charge in [-0.05, 0) is 70.3 Å². The maximum absolute atomic E-state index is 6.73. The molecule has 4 heterocycles. The van der Waals surface area contributed by atoms with Crippen LogP contribution in [0.5, 0.6) is 0 Å². The third kappa shape index (κ3) is 3.95. The van der Waals surface area contributed by atoms with Crippen molar-refractivity contribution in [2.24, 2.45) is 0 Å². The van der Waals surface area contributed by atoms with E-state index in [0.29, 0.717) is 0 Å². The Balaban J connectivity index is 1.31. The minimum atomic E-state index is -0.0764. The molecule has 10 aromatic rings. The molecule has 53 heavy (non-hydrogen) atoms. The lowest BCUT2D eigenvalue weighted by Gasteiger charge is -2.42. The molecular formula is C49H31BN2O. The second kappa shape index (κ2) is 10.6. The molecule has 0 amide bonds. The standard InChI is InChI=1S/C49H31BN2O/c1-30-20-23-35(24-21-30)52-42-19-11-10-18-37(42)40-28-39(31-12-4-2-5-13-31)46-38-25-22-32-14-8-9-17-36(32)48(38)51-43-29-45-34(26-41(43)50(52)47(40)49(46)51)27-44(53-45)33-15-6-3-7-16-33/h2-29H,1H3. The molecule has 0 spiro atoms. The van der Waals surface area contributed by atoms with E-state index in [2.05, 4.69) is 186 Å². The van der Waals surface area contributed by atoms with Crippen molar-refractivity contribution in [1.29, 1.82) is 0 Å². The number of fused-ring (bicyclic) bond motifs is 11. The number of aromatic nitrogens is 1. The van der Waals surface area contributed by atoms with Crippen LogP contribution in [0.25, 0.3) is 82.8 Å².